The summed E-state index contributed by atoms with van der Waals surface area (Å²) in [7, 11) is 1.68. The van der Waals surface area contributed by atoms with Crippen molar-refractivity contribution in [3.8, 4) is 0 Å². The fraction of sp³-hybridized carbons (Fsp3) is 0.294. The smallest absolute Gasteiger partial charge is 0.274 e. The van der Waals surface area contributed by atoms with E-state index >= 15 is 0 Å². The van der Waals surface area contributed by atoms with Crippen molar-refractivity contribution < 1.29 is 14.0 Å². The van der Waals surface area contributed by atoms with Crippen molar-refractivity contribution in [3.05, 3.63) is 52.4 Å². The first-order valence-electron chi connectivity index (χ1n) is 8.26. The molecule has 0 aromatic carbocycles. The second kappa shape index (κ2) is 8.21. The van der Waals surface area contributed by atoms with Gasteiger partial charge in [0.25, 0.3) is 5.91 Å². The van der Waals surface area contributed by atoms with Crippen molar-refractivity contribution in [1.29, 1.82) is 0 Å². The molecule has 0 bridgehead atoms. The van der Waals surface area contributed by atoms with E-state index in [4.69, 9.17) is 4.42 Å². The summed E-state index contributed by atoms with van der Waals surface area (Å²) in [6.45, 7) is 2.59. The number of furan rings is 1. The fourth-order valence-corrected chi connectivity index (χ4v) is 2.78. The predicted octanol–water partition coefficient (Wildman–Crippen LogP) is 2.24. The maximum atomic E-state index is 12.4. The molecular formula is C17H19BrN6O3. The van der Waals surface area contributed by atoms with E-state index < -0.39 is 5.91 Å². The van der Waals surface area contributed by atoms with Crippen LogP contribution in [0.2, 0.25) is 0 Å². The van der Waals surface area contributed by atoms with Crippen molar-refractivity contribution in [3.63, 3.8) is 0 Å². The van der Waals surface area contributed by atoms with Crippen molar-refractivity contribution in [2.45, 2.75) is 26.4 Å². The topological polar surface area (TPSA) is 107 Å². The number of anilines is 1. The molecule has 3 aromatic heterocycles. The average Bonchev–Trinajstić information content (AvgIpc) is 3.34. The van der Waals surface area contributed by atoms with Gasteiger partial charge in [0, 0.05) is 25.4 Å². The highest BCUT2D eigenvalue weighted by Crippen LogP contribution is 2.16. The van der Waals surface area contributed by atoms with Crippen molar-refractivity contribution in [1.82, 2.24) is 24.9 Å². The van der Waals surface area contributed by atoms with E-state index in [9.17, 15) is 9.59 Å². The van der Waals surface area contributed by atoms with E-state index in [1.165, 1.54) is 10.9 Å². The van der Waals surface area contributed by atoms with E-state index in [2.05, 4.69) is 36.8 Å². The highest BCUT2D eigenvalue weighted by molar-refractivity contribution is 9.10. The van der Waals surface area contributed by atoms with E-state index in [1.807, 2.05) is 6.92 Å². The number of amides is 2. The van der Waals surface area contributed by atoms with Crippen LogP contribution >= 0.6 is 15.9 Å². The molecule has 0 aliphatic carbocycles. The maximum Gasteiger partial charge on any atom is 0.274 e. The molecule has 3 aromatic rings. The third kappa shape index (κ3) is 4.64. The van der Waals surface area contributed by atoms with Gasteiger partial charge in [-0.25, -0.2) is 0 Å². The van der Waals surface area contributed by atoms with Crippen LogP contribution in [0.15, 0.2) is 39.7 Å². The molecular weight excluding hydrogens is 416 g/mol. The molecule has 9 nitrogen and oxygen atoms in total. The minimum atomic E-state index is -0.394. The number of carbonyl (C=O) groups is 2. The Morgan fingerprint density at radius 1 is 1.37 bits per heavy atom. The molecule has 10 heteroatoms. The zero-order valence-electron chi connectivity index (χ0n) is 14.9. The van der Waals surface area contributed by atoms with Gasteiger partial charge in [-0.05, 0) is 35.0 Å². The summed E-state index contributed by atoms with van der Waals surface area (Å²) in [5.74, 6) is 0.00822. The van der Waals surface area contributed by atoms with Crippen LogP contribution in [0.4, 0.5) is 5.69 Å². The molecule has 0 aliphatic rings. The molecule has 3 heterocycles. The van der Waals surface area contributed by atoms with Gasteiger partial charge in [-0.3, -0.25) is 19.0 Å². The van der Waals surface area contributed by atoms with Gasteiger partial charge in [0.1, 0.15) is 5.76 Å². The molecule has 0 radical (unpaired) electrons. The SMILES string of the molecule is Cc1c(Br)cnn1CCC(=O)Nc1cn(C)nc1C(=O)NCc1ccco1. The fourth-order valence-electron chi connectivity index (χ4n) is 2.48. The summed E-state index contributed by atoms with van der Waals surface area (Å²) in [5, 5.41) is 13.8. The predicted molar refractivity (Wildman–Crippen MR) is 101 cm³/mol. The molecule has 142 valence electrons. The summed E-state index contributed by atoms with van der Waals surface area (Å²) in [6, 6.07) is 3.50. The molecule has 2 N–H and O–H groups in total. The van der Waals surface area contributed by atoms with Gasteiger partial charge in [-0.1, -0.05) is 0 Å². The van der Waals surface area contributed by atoms with Crippen molar-refractivity contribution >= 4 is 33.4 Å². The number of carbonyl (C=O) groups excluding carboxylic acids is 2. The van der Waals surface area contributed by atoms with Crippen molar-refractivity contribution in [2.75, 3.05) is 5.32 Å². The van der Waals surface area contributed by atoms with Crippen molar-refractivity contribution in [2.24, 2.45) is 7.05 Å². The number of hydrogen-bond donors (Lipinski definition) is 2. The lowest BCUT2D eigenvalue weighted by Crippen LogP contribution is -2.25. The summed E-state index contributed by atoms with van der Waals surface area (Å²) in [4.78, 5) is 24.7. The minimum Gasteiger partial charge on any atom is -0.467 e. The first-order valence-corrected chi connectivity index (χ1v) is 9.05. The molecule has 0 spiro atoms. The van der Waals surface area contributed by atoms with Gasteiger partial charge in [0.15, 0.2) is 5.69 Å². The Morgan fingerprint density at radius 3 is 2.85 bits per heavy atom. The van der Waals surface area contributed by atoms with E-state index in [0.29, 0.717) is 18.0 Å². The first-order chi connectivity index (χ1) is 12.9. The standard InChI is InChI=1S/C17H19BrN6O3/c1-11-13(18)9-20-24(11)6-5-15(25)21-14-10-23(2)22-16(14)17(26)19-8-12-4-3-7-27-12/h3-4,7,9-10H,5-6,8H2,1-2H3,(H,19,26)(H,21,25). The first kappa shape index (κ1) is 18.9. The third-order valence-corrected chi connectivity index (χ3v) is 4.69. The number of aromatic nitrogens is 4. The van der Waals surface area contributed by atoms with Gasteiger partial charge < -0.3 is 15.1 Å². The molecule has 27 heavy (non-hydrogen) atoms. The largest absolute Gasteiger partial charge is 0.467 e. The zero-order valence-corrected chi connectivity index (χ0v) is 16.5. The lowest BCUT2D eigenvalue weighted by Gasteiger charge is -2.07. The van der Waals surface area contributed by atoms with Crippen LogP contribution < -0.4 is 10.6 Å². The molecule has 3 rings (SSSR count). The molecule has 0 saturated carbocycles. The van der Waals surface area contributed by atoms with Crippen LogP contribution in [0.1, 0.15) is 28.4 Å². The number of halogens is 1. The van der Waals surface area contributed by atoms with Crippen LogP contribution in [-0.4, -0.2) is 31.4 Å². The molecule has 0 aliphatic heterocycles. The summed E-state index contributed by atoms with van der Waals surface area (Å²) >= 11 is 3.39. The number of hydrogen-bond acceptors (Lipinski definition) is 5. The third-order valence-electron chi connectivity index (χ3n) is 3.92. The monoisotopic (exact) mass is 434 g/mol. The normalized spacial score (nSPS) is 10.8. The van der Waals surface area contributed by atoms with E-state index in [1.54, 1.807) is 36.3 Å². The highest BCUT2D eigenvalue weighted by Gasteiger charge is 2.18. The Morgan fingerprint density at radius 2 is 2.19 bits per heavy atom. The number of nitrogens with one attached hydrogen (secondary N) is 2. The molecule has 0 unspecified atom stereocenters. The van der Waals surface area contributed by atoms with Gasteiger partial charge in [0.2, 0.25) is 5.91 Å². The summed E-state index contributed by atoms with van der Waals surface area (Å²) < 4.78 is 9.30. The Bertz CT molecular complexity index is 944. The lowest BCUT2D eigenvalue weighted by molar-refractivity contribution is -0.116. The Labute approximate surface area is 163 Å². The number of rotatable bonds is 7. The van der Waals surface area contributed by atoms with Crippen LogP contribution in [0.3, 0.4) is 0 Å². The van der Waals surface area contributed by atoms with Gasteiger partial charge in [0.05, 0.1) is 35.7 Å². The Kier molecular flexibility index (Phi) is 5.75. The van der Waals surface area contributed by atoms with Gasteiger partial charge in [-0.15, -0.1) is 0 Å². The molecule has 0 saturated heterocycles. The van der Waals surface area contributed by atoms with E-state index in [-0.39, 0.29) is 24.6 Å². The van der Waals surface area contributed by atoms with Crippen LogP contribution in [0, 0.1) is 6.92 Å². The average molecular weight is 435 g/mol. The van der Waals surface area contributed by atoms with E-state index in [0.717, 1.165) is 10.2 Å². The number of aryl methyl sites for hydroxylation is 2. The second-order valence-electron chi connectivity index (χ2n) is 5.93. The number of nitrogens with zero attached hydrogens (tertiary/aromatic N) is 4. The summed E-state index contributed by atoms with van der Waals surface area (Å²) in [5.41, 5.74) is 1.45. The maximum absolute atomic E-state index is 12.4. The second-order valence-corrected chi connectivity index (χ2v) is 6.78. The quantitative estimate of drug-likeness (QED) is 0.592. The Hall–Kier alpha value is -2.88. The zero-order chi connectivity index (χ0) is 19.4. The minimum absolute atomic E-state index is 0.149. The van der Waals surface area contributed by atoms with Crippen LogP contribution in [0.5, 0.6) is 0 Å². The van der Waals surface area contributed by atoms with Gasteiger partial charge >= 0.3 is 0 Å². The summed E-state index contributed by atoms with van der Waals surface area (Å²) in [6.07, 6.45) is 5.04. The highest BCUT2D eigenvalue weighted by atomic mass is 79.9. The molecule has 0 fully saturated rings. The van der Waals surface area contributed by atoms with Crippen LogP contribution in [-0.2, 0) is 24.9 Å². The molecule has 0 atom stereocenters. The van der Waals surface area contributed by atoms with Gasteiger partial charge in [-0.2, -0.15) is 10.2 Å². The van der Waals surface area contributed by atoms with Crippen LogP contribution in [0.25, 0.3) is 0 Å². The lowest BCUT2D eigenvalue weighted by atomic mass is 10.3. The Balaban J connectivity index is 1.60. The molecule has 2 amide bonds.